The van der Waals surface area contributed by atoms with Crippen LogP contribution in [0.3, 0.4) is 0 Å². The Morgan fingerprint density at radius 1 is 1.25 bits per heavy atom. The molecular formula is C14H25NO4S. The third kappa shape index (κ3) is 4.19. The zero-order valence-corrected chi connectivity index (χ0v) is 13.2. The number of sulfone groups is 1. The third-order valence-corrected chi connectivity index (χ3v) is 5.77. The second-order valence-electron chi connectivity index (χ2n) is 6.35. The van der Waals surface area contributed by atoms with Gasteiger partial charge in [-0.3, -0.25) is 4.79 Å². The number of carbonyl (C=O) groups is 1. The first-order valence-electron chi connectivity index (χ1n) is 7.48. The molecule has 20 heavy (non-hydrogen) atoms. The van der Waals surface area contributed by atoms with Crippen molar-refractivity contribution in [2.24, 2.45) is 11.8 Å². The van der Waals surface area contributed by atoms with Crippen molar-refractivity contribution in [3.8, 4) is 0 Å². The van der Waals surface area contributed by atoms with Gasteiger partial charge in [0.05, 0.1) is 23.5 Å². The summed E-state index contributed by atoms with van der Waals surface area (Å²) < 4.78 is 28.7. The van der Waals surface area contributed by atoms with E-state index in [4.69, 9.17) is 4.74 Å². The summed E-state index contributed by atoms with van der Waals surface area (Å²) in [7, 11) is -2.98. The van der Waals surface area contributed by atoms with Crippen molar-refractivity contribution in [3.05, 3.63) is 0 Å². The maximum absolute atomic E-state index is 12.3. The lowest BCUT2D eigenvalue weighted by Crippen LogP contribution is -2.44. The van der Waals surface area contributed by atoms with Crippen LogP contribution in [0, 0.1) is 11.8 Å². The number of hydrogen-bond acceptors (Lipinski definition) is 4. The zero-order valence-electron chi connectivity index (χ0n) is 12.4. The van der Waals surface area contributed by atoms with Crippen molar-refractivity contribution >= 4 is 15.7 Å². The number of amides is 1. The molecule has 0 N–H and O–H groups in total. The standard InChI is InChI=1S/C14H25NO4S/c1-11(2)9-19-13-3-6-15(7-4-13)14(16)12-5-8-20(17,18)10-12/h11-13H,3-10H2,1-2H3. The first-order chi connectivity index (χ1) is 9.37. The van der Waals surface area contributed by atoms with Crippen LogP contribution in [-0.4, -0.2) is 56.5 Å². The summed E-state index contributed by atoms with van der Waals surface area (Å²) in [5.41, 5.74) is 0. The molecule has 2 fully saturated rings. The Labute approximate surface area is 121 Å². The van der Waals surface area contributed by atoms with Gasteiger partial charge in [-0.2, -0.15) is 0 Å². The minimum absolute atomic E-state index is 0.0217. The molecule has 5 nitrogen and oxygen atoms in total. The average molecular weight is 303 g/mol. The molecule has 0 saturated carbocycles. The van der Waals surface area contributed by atoms with Gasteiger partial charge in [0.15, 0.2) is 9.84 Å². The molecule has 6 heteroatoms. The molecule has 116 valence electrons. The van der Waals surface area contributed by atoms with Gasteiger partial charge in [-0.15, -0.1) is 0 Å². The predicted molar refractivity (Wildman–Crippen MR) is 77.2 cm³/mol. The number of rotatable bonds is 4. The van der Waals surface area contributed by atoms with Gasteiger partial charge in [0.1, 0.15) is 0 Å². The number of ether oxygens (including phenoxy) is 1. The van der Waals surface area contributed by atoms with Crippen LogP contribution in [-0.2, 0) is 19.4 Å². The molecule has 1 unspecified atom stereocenters. The fraction of sp³-hybridized carbons (Fsp3) is 0.929. The molecule has 1 atom stereocenters. The molecule has 2 saturated heterocycles. The molecule has 0 aromatic heterocycles. The van der Waals surface area contributed by atoms with Gasteiger partial charge < -0.3 is 9.64 Å². The maximum Gasteiger partial charge on any atom is 0.226 e. The molecule has 1 amide bonds. The van der Waals surface area contributed by atoms with E-state index < -0.39 is 9.84 Å². The van der Waals surface area contributed by atoms with Crippen LogP contribution in [0.4, 0.5) is 0 Å². The van der Waals surface area contributed by atoms with Crippen molar-refractivity contribution in [3.63, 3.8) is 0 Å². The smallest absolute Gasteiger partial charge is 0.226 e. The van der Waals surface area contributed by atoms with Gasteiger partial charge in [0.25, 0.3) is 0 Å². The van der Waals surface area contributed by atoms with E-state index in [2.05, 4.69) is 13.8 Å². The van der Waals surface area contributed by atoms with Crippen LogP contribution < -0.4 is 0 Å². The van der Waals surface area contributed by atoms with Crippen LogP contribution in [0.5, 0.6) is 0 Å². The van der Waals surface area contributed by atoms with E-state index in [1.165, 1.54) is 0 Å². The average Bonchev–Trinajstić information content (AvgIpc) is 2.76. The summed E-state index contributed by atoms with van der Waals surface area (Å²) in [6, 6.07) is 0. The molecule has 2 heterocycles. The molecule has 0 aromatic rings. The molecule has 0 spiro atoms. The van der Waals surface area contributed by atoms with E-state index >= 15 is 0 Å². The summed E-state index contributed by atoms with van der Waals surface area (Å²) in [4.78, 5) is 14.1. The Balaban J connectivity index is 1.77. The Morgan fingerprint density at radius 3 is 2.40 bits per heavy atom. The first-order valence-corrected chi connectivity index (χ1v) is 9.30. The third-order valence-electron chi connectivity index (χ3n) is 4.00. The normalized spacial score (nSPS) is 27.1. The van der Waals surface area contributed by atoms with Crippen molar-refractivity contribution in [1.82, 2.24) is 4.90 Å². The van der Waals surface area contributed by atoms with Gasteiger partial charge in [0.2, 0.25) is 5.91 Å². The minimum atomic E-state index is -2.98. The maximum atomic E-state index is 12.3. The number of carbonyl (C=O) groups excluding carboxylic acids is 1. The van der Waals surface area contributed by atoms with Crippen molar-refractivity contribution in [1.29, 1.82) is 0 Å². The number of hydrogen-bond donors (Lipinski definition) is 0. The lowest BCUT2D eigenvalue weighted by Gasteiger charge is -2.33. The fourth-order valence-electron chi connectivity index (χ4n) is 2.82. The summed E-state index contributed by atoms with van der Waals surface area (Å²) in [6.07, 6.45) is 2.45. The summed E-state index contributed by atoms with van der Waals surface area (Å²) in [6.45, 7) is 6.40. The summed E-state index contributed by atoms with van der Waals surface area (Å²) >= 11 is 0. The highest BCUT2D eigenvalue weighted by Gasteiger charge is 2.36. The van der Waals surface area contributed by atoms with E-state index in [1.54, 1.807) is 0 Å². The van der Waals surface area contributed by atoms with Gasteiger partial charge in [-0.1, -0.05) is 13.8 Å². The highest BCUT2D eigenvalue weighted by molar-refractivity contribution is 7.91. The monoisotopic (exact) mass is 303 g/mol. The number of likely N-dealkylation sites (tertiary alicyclic amines) is 1. The Bertz CT molecular complexity index is 438. The highest BCUT2D eigenvalue weighted by Crippen LogP contribution is 2.23. The van der Waals surface area contributed by atoms with Crippen LogP contribution >= 0.6 is 0 Å². The SMILES string of the molecule is CC(C)COC1CCN(C(=O)C2CCS(=O)(=O)C2)CC1. The van der Waals surface area contributed by atoms with E-state index in [-0.39, 0.29) is 29.4 Å². The molecule has 0 radical (unpaired) electrons. The molecule has 0 aromatic carbocycles. The quantitative estimate of drug-likeness (QED) is 0.780. The second kappa shape index (κ2) is 6.43. The molecule has 0 bridgehead atoms. The van der Waals surface area contributed by atoms with Gasteiger partial charge in [0, 0.05) is 19.7 Å². The number of piperidine rings is 1. The minimum Gasteiger partial charge on any atom is -0.378 e. The summed E-state index contributed by atoms with van der Waals surface area (Å²) in [5.74, 6) is 0.437. The Hall–Kier alpha value is -0.620. The molecular weight excluding hydrogens is 278 g/mol. The van der Waals surface area contributed by atoms with Crippen LogP contribution in [0.1, 0.15) is 33.1 Å². The predicted octanol–water partition coefficient (Wildman–Crippen LogP) is 1.08. The number of nitrogens with zero attached hydrogens (tertiary/aromatic N) is 1. The highest BCUT2D eigenvalue weighted by atomic mass is 32.2. The van der Waals surface area contributed by atoms with Crippen molar-refractivity contribution < 1.29 is 17.9 Å². The van der Waals surface area contributed by atoms with Gasteiger partial charge in [-0.05, 0) is 25.2 Å². The van der Waals surface area contributed by atoms with Crippen LogP contribution in [0.2, 0.25) is 0 Å². The van der Waals surface area contributed by atoms with E-state index in [0.29, 0.717) is 25.4 Å². The Morgan fingerprint density at radius 2 is 1.90 bits per heavy atom. The first kappa shape index (κ1) is 15.8. The Kier molecular flexibility index (Phi) is 5.07. The molecule has 2 aliphatic rings. The molecule has 2 rings (SSSR count). The molecule has 2 aliphatic heterocycles. The second-order valence-corrected chi connectivity index (χ2v) is 8.58. The van der Waals surface area contributed by atoms with Gasteiger partial charge >= 0.3 is 0 Å². The van der Waals surface area contributed by atoms with E-state index in [1.807, 2.05) is 4.90 Å². The summed E-state index contributed by atoms with van der Waals surface area (Å²) in [5, 5.41) is 0. The van der Waals surface area contributed by atoms with E-state index in [0.717, 1.165) is 19.4 Å². The topological polar surface area (TPSA) is 63.7 Å². The lowest BCUT2D eigenvalue weighted by atomic mass is 10.0. The van der Waals surface area contributed by atoms with E-state index in [9.17, 15) is 13.2 Å². The van der Waals surface area contributed by atoms with Crippen molar-refractivity contribution in [2.45, 2.75) is 39.2 Å². The lowest BCUT2D eigenvalue weighted by molar-refractivity contribution is -0.137. The van der Waals surface area contributed by atoms with Crippen molar-refractivity contribution in [2.75, 3.05) is 31.2 Å². The molecule has 0 aliphatic carbocycles. The fourth-order valence-corrected chi connectivity index (χ4v) is 4.55. The van der Waals surface area contributed by atoms with Crippen LogP contribution in [0.25, 0.3) is 0 Å². The zero-order chi connectivity index (χ0) is 14.8. The van der Waals surface area contributed by atoms with Gasteiger partial charge in [-0.25, -0.2) is 8.42 Å². The largest absolute Gasteiger partial charge is 0.378 e. The van der Waals surface area contributed by atoms with Crippen LogP contribution in [0.15, 0.2) is 0 Å².